The number of benzene rings is 2. The summed E-state index contributed by atoms with van der Waals surface area (Å²) < 4.78 is 10.9. The van der Waals surface area contributed by atoms with Crippen molar-refractivity contribution in [3.8, 4) is 11.5 Å². The van der Waals surface area contributed by atoms with Crippen LogP contribution in [0.5, 0.6) is 11.5 Å². The summed E-state index contributed by atoms with van der Waals surface area (Å²) in [5.41, 5.74) is 3.29. The summed E-state index contributed by atoms with van der Waals surface area (Å²) in [7, 11) is 3.20. The van der Waals surface area contributed by atoms with Gasteiger partial charge in [-0.2, -0.15) is 0 Å². The summed E-state index contributed by atoms with van der Waals surface area (Å²) in [6.45, 7) is 2.05. The van der Waals surface area contributed by atoms with Gasteiger partial charge in [0.05, 0.1) is 42.3 Å². The second-order valence-corrected chi connectivity index (χ2v) is 8.49. The van der Waals surface area contributed by atoms with Gasteiger partial charge >= 0.3 is 0 Å². The van der Waals surface area contributed by atoms with E-state index >= 15 is 0 Å². The van der Waals surface area contributed by atoms with E-state index in [1.54, 1.807) is 20.4 Å². The largest absolute Gasteiger partial charge is 0.493 e. The minimum absolute atomic E-state index is 0.158. The molecule has 1 aliphatic rings. The van der Waals surface area contributed by atoms with Crippen LogP contribution in [0.1, 0.15) is 24.8 Å². The Kier molecular flexibility index (Phi) is 7.59. The van der Waals surface area contributed by atoms with Gasteiger partial charge in [-0.25, -0.2) is 9.98 Å². The number of carbonyl (C=O) groups excluding carboxylic acids is 1. The Morgan fingerprint density at radius 3 is 2.38 bits per heavy atom. The Balaban J connectivity index is 1.71. The number of nitrogens with one attached hydrogen (secondary N) is 1. The predicted octanol–water partition coefficient (Wildman–Crippen LogP) is 5.32. The maximum Gasteiger partial charge on any atom is 0.235 e. The van der Waals surface area contributed by atoms with Gasteiger partial charge in [0.1, 0.15) is 5.84 Å². The van der Waals surface area contributed by atoms with Crippen LogP contribution in [-0.2, 0) is 4.79 Å². The van der Waals surface area contributed by atoms with E-state index in [0.29, 0.717) is 29.4 Å². The molecule has 174 valence electrons. The quantitative estimate of drug-likeness (QED) is 0.469. The van der Waals surface area contributed by atoms with Gasteiger partial charge in [-0.05, 0) is 48.4 Å². The first-order valence-electron chi connectivity index (χ1n) is 10.9. The number of methoxy groups -OCH3 is 2. The van der Waals surface area contributed by atoms with E-state index in [1.807, 2.05) is 60.7 Å². The Morgan fingerprint density at radius 2 is 1.71 bits per heavy atom. The van der Waals surface area contributed by atoms with Crippen molar-refractivity contribution in [2.45, 2.75) is 24.3 Å². The summed E-state index contributed by atoms with van der Waals surface area (Å²) in [6, 6.07) is 19.0. The lowest BCUT2D eigenvalue weighted by Crippen LogP contribution is -2.38. The molecular weight excluding hydrogens is 448 g/mol. The fraction of sp³-hybridized carbons (Fsp3) is 0.231. The molecule has 7 nitrogen and oxygen atoms in total. The lowest BCUT2D eigenvalue weighted by molar-refractivity contribution is -0.117. The molecule has 3 aromatic rings. The van der Waals surface area contributed by atoms with Crippen LogP contribution in [0.15, 0.2) is 81.9 Å². The molecule has 1 N–H and O–H groups in total. The number of para-hydroxylation sites is 2. The van der Waals surface area contributed by atoms with Crippen LogP contribution >= 0.6 is 11.8 Å². The highest BCUT2D eigenvalue weighted by molar-refractivity contribution is 7.99. The molecule has 0 aliphatic carbocycles. The number of ether oxygens (including phenoxy) is 2. The van der Waals surface area contributed by atoms with E-state index in [1.165, 1.54) is 11.8 Å². The number of rotatable bonds is 7. The first-order chi connectivity index (χ1) is 16.6. The summed E-state index contributed by atoms with van der Waals surface area (Å²) in [5, 5.41) is 3.85. The third-order valence-corrected chi connectivity index (χ3v) is 6.30. The first kappa shape index (κ1) is 23.5. The fourth-order valence-electron chi connectivity index (χ4n) is 3.74. The average Bonchev–Trinajstić information content (AvgIpc) is 3.03. The van der Waals surface area contributed by atoms with Gasteiger partial charge in [0.25, 0.3) is 0 Å². The lowest BCUT2D eigenvalue weighted by Gasteiger charge is -2.22. The molecule has 0 fully saturated rings. The summed E-state index contributed by atoms with van der Waals surface area (Å²) in [4.78, 5) is 27.0. The molecule has 8 heteroatoms. The minimum atomic E-state index is -0.346. The molecule has 0 saturated heterocycles. The molecule has 1 aromatic heterocycles. The highest BCUT2D eigenvalue weighted by atomic mass is 32.2. The molecule has 34 heavy (non-hydrogen) atoms. The smallest absolute Gasteiger partial charge is 0.235 e. The van der Waals surface area contributed by atoms with Crippen molar-refractivity contribution in [3.05, 3.63) is 72.4 Å². The first-order valence-corrected chi connectivity index (χ1v) is 11.9. The van der Waals surface area contributed by atoms with Crippen molar-refractivity contribution in [1.29, 1.82) is 0 Å². The van der Waals surface area contributed by atoms with Gasteiger partial charge in [0.2, 0.25) is 5.91 Å². The molecular formula is C26H26N4O3S. The summed E-state index contributed by atoms with van der Waals surface area (Å²) in [6.07, 6.45) is 2.40. The maximum absolute atomic E-state index is 13.0. The van der Waals surface area contributed by atoms with E-state index in [9.17, 15) is 4.79 Å². The van der Waals surface area contributed by atoms with Crippen molar-refractivity contribution >= 4 is 40.6 Å². The number of carbonyl (C=O) groups is 1. The van der Waals surface area contributed by atoms with Crippen LogP contribution in [0.25, 0.3) is 0 Å². The van der Waals surface area contributed by atoms with Crippen LogP contribution in [0.2, 0.25) is 0 Å². The Labute approximate surface area is 203 Å². The van der Waals surface area contributed by atoms with Crippen molar-refractivity contribution in [1.82, 2.24) is 10.3 Å². The average molecular weight is 475 g/mol. The van der Waals surface area contributed by atoms with Crippen molar-refractivity contribution in [2.75, 3.05) is 20.0 Å². The molecule has 2 aromatic carbocycles. The Bertz CT molecular complexity index is 1230. The SMILES string of the molecule is CCC1=Nc2ccccc2N=C(NC(=O)CSc2ccccn2)[C@@H]1c1ccc(OC)c(OC)c1. The molecule has 0 saturated carbocycles. The van der Waals surface area contributed by atoms with E-state index in [-0.39, 0.29) is 17.6 Å². The molecule has 1 amide bonds. The number of aromatic nitrogens is 1. The Morgan fingerprint density at radius 1 is 0.971 bits per heavy atom. The van der Waals surface area contributed by atoms with Gasteiger partial charge in [0, 0.05) is 11.9 Å². The van der Waals surface area contributed by atoms with Gasteiger partial charge in [-0.3, -0.25) is 9.79 Å². The summed E-state index contributed by atoms with van der Waals surface area (Å²) in [5.74, 6) is 1.48. The lowest BCUT2D eigenvalue weighted by atomic mass is 9.90. The van der Waals surface area contributed by atoms with Crippen LogP contribution in [0, 0.1) is 0 Å². The monoisotopic (exact) mass is 474 g/mol. The summed E-state index contributed by atoms with van der Waals surface area (Å²) >= 11 is 1.38. The van der Waals surface area contributed by atoms with E-state index in [4.69, 9.17) is 19.5 Å². The molecule has 0 radical (unpaired) electrons. The van der Waals surface area contributed by atoms with E-state index in [0.717, 1.165) is 22.0 Å². The third-order valence-electron chi connectivity index (χ3n) is 5.35. The number of amides is 1. The molecule has 1 aliphatic heterocycles. The Hall–Kier alpha value is -3.65. The van der Waals surface area contributed by atoms with Crippen LogP contribution in [0.3, 0.4) is 0 Å². The molecule has 1 atom stereocenters. The second kappa shape index (κ2) is 11.0. The predicted molar refractivity (Wildman–Crippen MR) is 136 cm³/mol. The van der Waals surface area contributed by atoms with E-state index < -0.39 is 0 Å². The molecule has 0 spiro atoms. The maximum atomic E-state index is 13.0. The topological polar surface area (TPSA) is 85.2 Å². The number of aliphatic imine (C=N–C) groups is 2. The highest BCUT2D eigenvalue weighted by Gasteiger charge is 2.29. The van der Waals surface area contributed by atoms with Gasteiger partial charge in [-0.15, -0.1) is 0 Å². The molecule has 2 heterocycles. The second-order valence-electron chi connectivity index (χ2n) is 7.49. The van der Waals surface area contributed by atoms with Gasteiger partial charge < -0.3 is 14.8 Å². The van der Waals surface area contributed by atoms with E-state index in [2.05, 4.69) is 17.2 Å². The standard InChI is InChI=1S/C26H26N4O3S/c1-4-18-25(17-12-13-21(32-2)22(15-17)33-3)26(29-20-10-6-5-9-19(20)28-18)30-23(31)16-34-24-11-7-8-14-27-24/h5-15,25H,4,16H2,1-3H3,(H,29,30,31)/t25-/m1/s1. The normalized spacial score (nSPS) is 14.9. The fourth-order valence-corrected chi connectivity index (χ4v) is 4.40. The number of nitrogens with zero attached hydrogens (tertiary/aromatic N) is 3. The zero-order valence-electron chi connectivity index (χ0n) is 19.3. The number of thioether (sulfide) groups is 1. The van der Waals surface area contributed by atoms with Crippen molar-refractivity contribution in [2.24, 2.45) is 9.98 Å². The highest BCUT2D eigenvalue weighted by Crippen LogP contribution is 2.37. The molecule has 0 bridgehead atoms. The van der Waals surface area contributed by atoms with Crippen LogP contribution in [0.4, 0.5) is 11.4 Å². The third kappa shape index (κ3) is 5.28. The number of amidine groups is 1. The number of fused-ring (bicyclic) bond motifs is 1. The number of pyridine rings is 1. The van der Waals surface area contributed by atoms with Crippen molar-refractivity contribution < 1.29 is 14.3 Å². The zero-order valence-corrected chi connectivity index (χ0v) is 20.1. The number of hydrogen-bond donors (Lipinski definition) is 1. The van der Waals surface area contributed by atoms with Crippen LogP contribution in [-0.4, -0.2) is 42.4 Å². The zero-order chi connectivity index (χ0) is 23.9. The molecule has 4 rings (SSSR count). The van der Waals surface area contributed by atoms with Gasteiger partial charge in [-0.1, -0.05) is 43.0 Å². The van der Waals surface area contributed by atoms with Crippen LogP contribution < -0.4 is 14.8 Å². The van der Waals surface area contributed by atoms with Gasteiger partial charge in [0.15, 0.2) is 11.5 Å². The van der Waals surface area contributed by atoms with Crippen molar-refractivity contribution in [3.63, 3.8) is 0 Å². The minimum Gasteiger partial charge on any atom is -0.493 e. The number of hydrogen-bond acceptors (Lipinski definition) is 7. The molecule has 0 unspecified atom stereocenters.